The zero-order valence-electron chi connectivity index (χ0n) is 8.99. The van der Waals surface area contributed by atoms with Crippen molar-refractivity contribution in [3.63, 3.8) is 0 Å². The van der Waals surface area contributed by atoms with E-state index < -0.39 is 5.97 Å². The van der Waals surface area contributed by atoms with Gasteiger partial charge in [0.05, 0.1) is 19.9 Å². The van der Waals surface area contributed by atoms with Gasteiger partial charge in [-0.3, -0.25) is 0 Å². The van der Waals surface area contributed by atoms with Crippen molar-refractivity contribution in [3.8, 4) is 5.75 Å². The molecule has 16 heavy (non-hydrogen) atoms. The van der Waals surface area contributed by atoms with Gasteiger partial charge in [-0.15, -0.1) is 0 Å². The van der Waals surface area contributed by atoms with Gasteiger partial charge in [-0.25, -0.2) is 4.79 Å². The van der Waals surface area contributed by atoms with Crippen molar-refractivity contribution in [1.29, 1.82) is 0 Å². The molecule has 0 aliphatic carbocycles. The number of rotatable bonds is 4. The van der Waals surface area contributed by atoms with Crippen LogP contribution in [0.25, 0.3) is 0 Å². The topological polar surface area (TPSA) is 47.6 Å². The number of ether oxygens (including phenoxy) is 2. The van der Waals surface area contributed by atoms with Crippen molar-refractivity contribution in [2.75, 3.05) is 19.5 Å². The lowest BCUT2D eigenvalue weighted by atomic mass is 10.3. The SMILES string of the molecule is COC(=O)/C(Br)=C/Nc1ccccc1OC. The van der Waals surface area contributed by atoms with Gasteiger partial charge in [0.1, 0.15) is 10.2 Å². The molecule has 0 bridgehead atoms. The van der Waals surface area contributed by atoms with Gasteiger partial charge in [0, 0.05) is 6.20 Å². The minimum atomic E-state index is -0.442. The van der Waals surface area contributed by atoms with Gasteiger partial charge >= 0.3 is 5.97 Å². The summed E-state index contributed by atoms with van der Waals surface area (Å²) in [5.74, 6) is 0.256. The molecule has 0 aliphatic heterocycles. The van der Waals surface area contributed by atoms with Gasteiger partial charge in [-0.2, -0.15) is 0 Å². The smallest absolute Gasteiger partial charge is 0.346 e. The maximum atomic E-state index is 11.1. The number of esters is 1. The first-order chi connectivity index (χ1) is 7.69. The van der Waals surface area contributed by atoms with Crippen molar-refractivity contribution in [2.24, 2.45) is 0 Å². The first-order valence-corrected chi connectivity index (χ1v) is 5.32. The molecule has 4 nitrogen and oxygen atoms in total. The molecule has 1 rings (SSSR count). The zero-order valence-corrected chi connectivity index (χ0v) is 10.6. The number of halogens is 1. The molecule has 0 unspecified atom stereocenters. The fourth-order valence-corrected chi connectivity index (χ4v) is 1.34. The third-order valence-electron chi connectivity index (χ3n) is 1.84. The number of anilines is 1. The zero-order chi connectivity index (χ0) is 12.0. The highest BCUT2D eigenvalue weighted by atomic mass is 79.9. The summed E-state index contributed by atoms with van der Waals surface area (Å²) in [6, 6.07) is 7.39. The van der Waals surface area contributed by atoms with Gasteiger partial charge in [-0.1, -0.05) is 12.1 Å². The second-order valence-electron chi connectivity index (χ2n) is 2.83. The van der Waals surface area contributed by atoms with Crippen LogP contribution in [0, 0.1) is 0 Å². The minimum Gasteiger partial charge on any atom is -0.495 e. The van der Waals surface area contributed by atoms with Crippen LogP contribution in [0.2, 0.25) is 0 Å². The van der Waals surface area contributed by atoms with E-state index in [0.29, 0.717) is 10.2 Å². The Kier molecular flexibility index (Phi) is 4.85. The molecule has 0 radical (unpaired) electrons. The van der Waals surface area contributed by atoms with E-state index in [1.807, 2.05) is 24.3 Å². The summed E-state index contributed by atoms with van der Waals surface area (Å²) in [5, 5.41) is 2.94. The molecule has 86 valence electrons. The summed E-state index contributed by atoms with van der Waals surface area (Å²) < 4.78 is 9.98. The molecule has 0 amide bonds. The Morgan fingerprint density at radius 2 is 2.06 bits per heavy atom. The number of hydrogen-bond donors (Lipinski definition) is 1. The first-order valence-electron chi connectivity index (χ1n) is 4.52. The van der Waals surface area contributed by atoms with Gasteiger partial charge < -0.3 is 14.8 Å². The highest BCUT2D eigenvalue weighted by Crippen LogP contribution is 2.23. The fraction of sp³-hybridized carbons (Fsp3) is 0.182. The second-order valence-corrected chi connectivity index (χ2v) is 3.68. The number of hydrogen-bond acceptors (Lipinski definition) is 4. The van der Waals surface area contributed by atoms with Crippen molar-refractivity contribution in [1.82, 2.24) is 0 Å². The van der Waals surface area contributed by atoms with Crippen LogP contribution in [-0.2, 0) is 9.53 Å². The molecular weight excluding hydrogens is 274 g/mol. The molecule has 0 spiro atoms. The van der Waals surface area contributed by atoms with Crippen LogP contribution >= 0.6 is 15.9 Å². The molecule has 1 N–H and O–H groups in total. The Bertz CT molecular complexity index is 404. The number of methoxy groups -OCH3 is 2. The fourth-order valence-electron chi connectivity index (χ4n) is 1.06. The predicted molar refractivity (Wildman–Crippen MR) is 65.6 cm³/mol. The number of para-hydroxylation sites is 2. The Balaban J connectivity index is 2.77. The van der Waals surface area contributed by atoms with Crippen molar-refractivity contribution >= 4 is 27.6 Å². The van der Waals surface area contributed by atoms with E-state index in [4.69, 9.17) is 4.74 Å². The number of nitrogens with one attached hydrogen (secondary N) is 1. The molecule has 0 saturated carbocycles. The average Bonchev–Trinajstić information content (AvgIpc) is 2.35. The lowest BCUT2D eigenvalue weighted by Crippen LogP contribution is -2.02. The van der Waals surface area contributed by atoms with Crippen LogP contribution in [0.3, 0.4) is 0 Å². The van der Waals surface area contributed by atoms with E-state index in [1.165, 1.54) is 13.3 Å². The van der Waals surface area contributed by atoms with Crippen LogP contribution in [-0.4, -0.2) is 20.2 Å². The van der Waals surface area contributed by atoms with Crippen LogP contribution in [0.5, 0.6) is 5.75 Å². The molecular formula is C11H12BrNO3. The normalized spacial score (nSPS) is 10.8. The highest BCUT2D eigenvalue weighted by Gasteiger charge is 2.05. The first kappa shape index (κ1) is 12.6. The molecule has 0 heterocycles. The van der Waals surface area contributed by atoms with Crippen LogP contribution in [0.4, 0.5) is 5.69 Å². The maximum Gasteiger partial charge on any atom is 0.346 e. The van der Waals surface area contributed by atoms with E-state index in [9.17, 15) is 4.79 Å². The molecule has 0 fully saturated rings. The van der Waals surface area contributed by atoms with E-state index in [0.717, 1.165) is 5.69 Å². The van der Waals surface area contributed by atoms with E-state index in [2.05, 4.69) is 26.0 Å². The third kappa shape index (κ3) is 3.27. The molecule has 5 heteroatoms. The Morgan fingerprint density at radius 3 is 2.69 bits per heavy atom. The van der Waals surface area contributed by atoms with Gasteiger partial charge in [-0.05, 0) is 28.1 Å². The van der Waals surface area contributed by atoms with Crippen molar-refractivity contribution in [2.45, 2.75) is 0 Å². The van der Waals surface area contributed by atoms with Gasteiger partial charge in [0.2, 0.25) is 0 Å². The van der Waals surface area contributed by atoms with Crippen LogP contribution in [0.15, 0.2) is 34.9 Å². The summed E-state index contributed by atoms with van der Waals surface area (Å²) in [5.41, 5.74) is 0.769. The monoisotopic (exact) mass is 285 g/mol. The predicted octanol–water partition coefficient (Wildman–Crippen LogP) is 2.52. The quantitative estimate of drug-likeness (QED) is 0.682. The van der Waals surface area contributed by atoms with E-state index in [-0.39, 0.29) is 0 Å². The summed E-state index contributed by atoms with van der Waals surface area (Å²) in [4.78, 5) is 11.1. The van der Waals surface area contributed by atoms with Gasteiger partial charge in [0.15, 0.2) is 0 Å². The van der Waals surface area contributed by atoms with Crippen LogP contribution in [0.1, 0.15) is 0 Å². The van der Waals surface area contributed by atoms with Gasteiger partial charge in [0.25, 0.3) is 0 Å². The molecule has 0 aliphatic rings. The summed E-state index contributed by atoms with van der Waals surface area (Å²) in [7, 11) is 2.90. The lowest BCUT2D eigenvalue weighted by Gasteiger charge is -2.07. The molecule has 0 saturated heterocycles. The number of benzene rings is 1. The second kappa shape index (κ2) is 6.17. The largest absolute Gasteiger partial charge is 0.495 e. The Morgan fingerprint density at radius 1 is 1.38 bits per heavy atom. The van der Waals surface area contributed by atoms with E-state index in [1.54, 1.807) is 7.11 Å². The Hall–Kier alpha value is -1.49. The summed E-state index contributed by atoms with van der Waals surface area (Å²) in [6.07, 6.45) is 1.50. The molecule has 0 aromatic heterocycles. The average molecular weight is 286 g/mol. The summed E-state index contributed by atoms with van der Waals surface area (Å²) in [6.45, 7) is 0. The summed E-state index contributed by atoms with van der Waals surface area (Å²) >= 11 is 3.09. The standard InChI is InChI=1S/C11H12BrNO3/c1-15-10-6-4-3-5-9(10)13-7-8(12)11(14)16-2/h3-7,13H,1-2H3/b8-7-. The molecule has 0 atom stereocenters. The van der Waals surface area contributed by atoms with Crippen molar-refractivity contribution in [3.05, 3.63) is 34.9 Å². The number of carbonyl (C=O) groups is 1. The van der Waals surface area contributed by atoms with Crippen LogP contribution < -0.4 is 10.1 Å². The maximum absolute atomic E-state index is 11.1. The Labute approximate surface area is 102 Å². The lowest BCUT2D eigenvalue weighted by molar-refractivity contribution is -0.135. The van der Waals surface area contributed by atoms with E-state index >= 15 is 0 Å². The molecule has 1 aromatic carbocycles. The van der Waals surface area contributed by atoms with Crippen molar-refractivity contribution < 1.29 is 14.3 Å². The number of carbonyl (C=O) groups excluding carboxylic acids is 1. The molecule has 1 aromatic rings. The third-order valence-corrected chi connectivity index (χ3v) is 2.39. The highest BCUT2D eigenvalue weighted by molar-refractivity contribution is 9.12. The minimum absolute atomic E-state index is 0.306.